The summed E-state index contributed by atoms with van der Waals surface area (Å²) in [5.41, 5.74) is 2.05. The molecule has 0 aliphatic heterocycles. The molecule has 0 heterocycles. The number of halogens is 3. The molecule has 0 radical (unpaired) electrons. The Hall–Kier alpha value is -1.25. The summed E-state index contributed by atoms with van der Waals surface area (Å²) in [4.78, 5) is 0. The molecule has 4 heteroatoms. The summed E-state index contributed by atoms with van der Waals surface area (Å²) in [5.74, 6) is -0.571. The van der Waals surface area contributed by atoms with Gasteiger partial charge in [-0.1, -0.05) is 53.5 Å². The van der Waals surface area contributed by atoms with Gasteiger partial charge in [-0.05, 0) is 30.5 Å². The molecule has 100 valence electrons. The van der Waals surface area contributed by atoms with Crippen molar-refractivity contribution in [2.24, 2.45) is 0 Å². The fourth-order valence-corrected chi connectivity index (χ4v) is 2.31. The third-order valence-corrected chi connectivity index (χ3v) is 3.35. The Morgan fingerprint density at radius 3 is 2.26 bits per heavy atom. The highest BCUT2D eigenvalue weighted by atomic mass is 35.5. The van der Waals surface area contributed by atoms with Crippen molar-refractivity contribution in [1.82, 2.24) is 0 Å². The molecule has 2 rings (SSSR count). The van der Waals surface area contributed by atoms with Crippen LogP contribution in [0.1, 0.15) is 12.0 Å². The third-order valence-electron chi connectivity index (χ3n) is 2.80. The average Bonchev–Trinajstić information content (AvgIpc) is 2.42. The first-order valence-electron chi connectivity index (χ1n) is 6.09. The summed E-state index contributed by atoms with van der Waals surface area (Å²) < 4.78 is 13.2. The van der Waals surface area contributed by atoms with Crippen LogP contribution in [0.2, 0.25) is 10.0 Å². The SMILES string of the molecule is Fc1c(Cl)cc(NCCCc2ccccc2)cc1Cl. The highest BCUT2D eigenvalue weighted by Crippen LogP contribution is 2.27. The maximum absolute atomic E-state index is 13.2. The second-order valence-electron chi connectivity index (χ2n) is 4.27. The van der Waals surface area contributed by atoms with Crippen molar-refractivity contribution in [3.63, 3.8) is 0 Å². The molecule has 2 aromatic rings. The van der Waals surface area contributed by atoms with Crippen LogP contribution in [0.5, 0.6) is 0 Å². The molecule has 0 aliphatic rings. The van der Waals surface area contributed by atoms with E-state index >= 15 is 0 Å². The zero-order valence-corrected chi connectivity index (χ0v) is 11.8. The summed E-state index contributed by atoms with van der Waals surface area (Å²) in [5, 5.41) is 3.27. The molecule has 0 saturated heterocycles. The summed E-state index contributed by atoms with van der Waals surface area (Å²) >= 11 is 11.5. The number of nitrogens with one attached hydrogen (secondary N) is 1. The molecule has 0 bridgehead atoms. The van der Waals surface area contributed by atoms with Crippen LogP contribution < -0.4 is 5.32 Å². The molecule has 1 nitrogen and oxygen atoms in total. The zero-order chi connectivity index (χ0) is 13.7. The van der Waals surface area contributed by atoms with Gasteiger partial charge in [0.1, 0.15) is 0 Å². The van der Waals surface area contributed by atoms with Gasteiger partial charge in [0.25, 0.3) is 0 Å². The molecule has 2 aromatic carbocycles. The van der Waals surface area contributed by atoms with Gasteiger partial charge in [-0.3, -0.25) is 0 Å². The van der Waals surface area contributed by atoms with E-state index in [9.17, 15) is 4.39 Å². The summed E-state index contributed by atoms with van der Waals surface area (Å²) in [6.45, 7) is 0.785. The van der Waals surface area contributed by atoms with E-state index in [2.05, 4.69) is 17.4 Å². The first-order valence-corrected chi connectivity index (χ1v) is 6.85. The highest BCUT2D eigenvalue weighted by Gasteiger charge is 2.06. The first kappa shape index (κ1) is 14.2. The van der Waals surface area contributed by atoms with Crippen LogP contribution >= 0.6 is 23.2 Å². The van der Waals surface area contributed by atoms with Crippen molar-refractivity contribution in [2.75, 3.05) is 11.9 Å². The molecule has 0 fully saturated rings. The molecule has 0 amide bonds. The van der Waals surface area contributed by atoms with E-state index in [0.29, 0.717) is 0 Å². The summed E-state index contributed by atoms with van der Waals surface area (Å²) in [7, 11) is 0. The van der Waals surface area contributed by atoms with Gasteiger partial charge in [-0.25, -0.2) is 4.39 Å². The molecule has 1 N–H and O–H groups in total. The molecule has 0 atom stereocenters. The normalized spacial score (nSPS) is 10.5. The number of rotatable bonds is 5. The van der Waals surface area contributed by atoms with Crippen LogP contribution in [0, 0.1) is 5.82 Å². The Kier molecular flexibility index (Phi) is 5.06. The van der Waals surface area contributed by atoms with E-state index < -0.39 is 5.82 Å². The van der Waals surface area contributed by atoms with Crippen LogP contribution in [0.25, 0.3) is 0 Å². The van der Waals surface area contributed by atoms with Crippen molar-refractivity contribution < 1.29 is 4.39 Å². The van der Waals surface area contributed by atoms with Crippen LogP contribution in [0.3, 0.4) is 0 Å². The van der Waals surface area contributed by atoms with E-state index in [4.69, 9.17) is 23.2 Å². The number of hydrogen-bond acceptors (Lipinski definition) is 1. The minimum atomic E-state index is -0.571. The Morgan fingerprint density at radius 1 is 1.00 bits per heavy atom. The van der Waals surface area contributed by atoms with Crippen molar-refractivity contribution in [3.8, 4) is 0 Å². The topological polar surface area (TPSA) is 12.0 Å². The monoisotopic (exact) mass is 297 g/mol. The second kappa shape index (κ2) is 6.78. The molecule has 0 aromatic heterocycles. The van der Waals surface area contributed by atoms with Gasteiger partial charge in [0, 0.05) is 12.2 Å². The number of hydrogen-bond donors (Lipinski definition) is 1. The Bertz CT molecular complexity index is 520. The molecule has 0 saturated carbocycles. The van der Waals surface area contributed by atoms with Gasteiger partial charge >= 0.3 is 0 Å². The third kappa shape index (κ3) is 4.12. The molecule has 0 unspecified atom stereocenters. The van der Waals surface area contributed by atoms with Gasteiger partial charge in [0.15, 0.2) is 5.82 Å². The minimum absolute atomic E-state index is 0.0399. The fourth-order valence-electron chi connectivity index (χ4n) is 1.83. The maximum Gasteiger partial charge on any atom is 0.160 e. The van der Waals surface area contributed by atoms with Gasteiger partial charge in [0.2, 0.25) is 0 Å². The Labute approximate surface area is 122 Å². The molecule has 0 aliphatic carbocycles. The van der Waals surface area contributed by atoms with E-state index in [-0.39, 0.29) is 10.0 Å². The van der Waals surface area contributed by atoms with Crippen LogP contribution in [0.15, 0.2) is 42.5 Å². The van der Waals surface area contributed by atoms with Crippen molar-refractivity contribution in [3.05, 3.63) is 63.9 Å². The quantitative estimate of drug-likeness (QED) is 0.592. The van der Waals surface area contributed by atoms with E-state index in [0.717, 1.165) is 25.1 Å². The summed E-state index contributed by atoms with van der Waals surface area (Å²) in [6.07, 6.45) is 1.98. The minimum Gasteiger partial charge on any atom is -0.385 e. The predicted octanol–water partition coefficient (Wildman–Crippen LogP) is 5.18. The zero-order valence-electron chi connectivity index (χ0n) is 10.3. The molecular formula is C15H14Cl2FN. The number of anilines is 1. The highest BCUT2D eigenvalue weighted by molar-refractivity contribution is 6.35. The van der Waals surface area contributed by atoms with Gasteiger partial charge in [-0.15, -0.1) is 0 Å². The van der Waals surface area contributed by atoms with E-state index in [1.54, 1.807) is 12.1 Å². The standard InChI is InChI=1S/C15H14Cl2FN/c16-13-9-12(10-14(17)15(13)18)19-8-4-7-11-5-2-1-3-6-11/h1-3,5-6,9-10,19H,4,7-8H2. The fraction of sp³-hybridized carbons (Fsp3) is 0.200. The molecule has 19 heavy (non-hydrogen) atoms. The lowest BCUT2D eigenvalue weighted by molar-refractivity contribution is 0.629. The lowest BCUT2D eigenvalue weighted by atomic mass is 10.1. The van der Waals surface area contributed by atoms with E-state index in [1.807, 2.05) is 18.2 Å². The number of benzene rings is 2. The molecule has 0 spiro atoms. The van der Waals surface area contributed by atoms with Gasteiger partial charge in [-0.2, -0.15) is 0 Å². The van der Waals surface area contributed by atoms with Crippen LogP contribution in [-0.4, -0.2) is 6.54 Å². The van der Waals surface area contributed by atoms with E-state index in [1.165, 1.54) is 5.56 Å². The smallest absolute Gasteiger partial charge is 0.160 e. The van der Waals surface area contributed by atoms with Crippen molar-refractivity contribution in [1.29, 1.82) is 0 Å². The van der Waals surface area contributed by atoms with Crippen LogP contribution in [-0.2, 0) is 6.42 Å². The Morgan fingerprint density at radius 2 is 1.63 bits per heavy atom. The summed E-state index contributed by atoms with van der Waals surface area (Å²) in [6, 6.07) is 13.4. The lowest BCUT2D eigenvalue weighted by Crippen LogP contribution is -2.03. The van der Waals surface area contributed by atoms with Gasteiger partial charge in [0.05, 0.1) is 10.0 Å². The Balaban J connectivity index is 1.83. The lowest BCUT2D eigenvalue weighted by Gasteiger charge is -2.08. The average molecular weight is 298 g/mol. The van der Waals surface area contributed by atoms with Crippen LogP contribution in [0.4, 0.5) is 10.1 Å². The van der Waals surface area contributed by atoms with Crippen molar-refractivity contribution in [2.45, 2.75) is 12.8 Å². The second-order valence-corrected chi connectivity index (χ2v) is 5.08. The predicted molar refractivity (Wildman–Crippen MR) is 79.7 cm³/mol. The molecular weight excluding hydrogens is 284 g/mol. The first-order chi connectivity index (χ1) is 9.16. The van der Waals surface area contributed by atoms with Crippen molar-refractivity contribution >= 4 is 28.9 Å². The van der Waals surface area contributed by atoms with Gasteiger partial charge < -0.3 is 5.32 Å². The largest absolute Gasteiger partial charge is 0.385 e. The maximum atomic E-state index is 13.2. The number of aryl methyl sites for hydroxylation is 1.